The zero-order valence-corrected chi connectivity index (χ0v) is 11.7. The van der Waals surface area contributed by atoms with E-state index < -0.39 is 0 Å². The normalized spacial score (nSPS) is 9.30. The molecule has 0 atom stereocenters. The molecule has 1 aromatic rings. The number of hydrogen-bond donors (Lipinski definition) is 2. The maximum absolute atomic E-state index is 11.9. The van der Waals surface area contributed by atoms with E-state index >= 15 is 0 Å². The number of nitriles is 2. The Kier molecular flexibility index (Phi) is 5.52. The summed E-state index contributed by atoms with van der Waals surface area (Å²) in [6.45, 7) is 3.68. The van der Waals surface area contributed by atoms with Crippen LogP contribution in [-0.4, -0.2) is 17.7 Å². The Morgan fingerprint density at radius 2 is 2.00 bits per heavy atom. The number of carbonyl (C=O) groups is 1. The van der Waals surface area contributed by atoms with Crippen molar-refractivity contribution in [3.8, 4) is 12.1 Å². The van der Waals surface area contributed by atoms with Gasteiger partial charge in [0.2, 0.25) is 5.71 Å². The molecule has 2 N–H and O–H groups in total. The van der Waals surface area contributed by atoms with Crippen molar-refractivity contribution in [1.29, 1.82) is 10.5 Å². The van der Waals surface area contributed by atoms with Crippen molar-refractivity contribution in [2.24, 2.45) is 5.10 Å². The molecular formula is C13H12ClN5O. The minimum Gasteiger partial charge on any atom is -0.350 e. The van der Waals surface area contributed by atoms with Crippen LogP contribution in [0.3, 0.4) is 0 Å². The fraction of sp³-hybridized carbons (Fsp3) is 0.231. The highest BCUT2D eigenvalue weighted by molar-refractivity contribution is 6.34. The van der Waals surface area contributed by atoms with E-state index in [9.17, 15) is 4.79 Å². The Hall–Kier alpha value is -2.57. The SMILES string of the molecule is CC(C)NC(=O)c1cc(NN=C(C#N)C#N)ccc1Cl. The molecule has 0 bridgehead atoms. The lowest BCUT2D eigenvalue weighted by molar-refractivity contribution is 0.0943. The zero-order valence-electron chi connectivity index (χ0n) is 10.9. The van der Waals surface area contributed by atoms with Crippen molar-refractivity contribution < 1.29 is 4.79 Å². The molecule has 6 nitrogen and oxygen atoms in total. The molecule has 0 heterocycles. The molecule has 0 aliphatic rings. The average Bonchev–Trinajstić information content (AvgIpc) is 2.40. The summed E-state index contributed by atoms with van der Waals surface area (Å²) in [5.74, 6) is -0.307. The van der Waals surface area contributed by atoms with Crippen molar-refractivity contribution in [1.82, 2.24) is 5.32 Å². The lowest BCUT2D eigenvalue weighted by Gasteiger charge is -2.10. The van der Waals surface area contributed by atoms with E-state index in [1.54, 1.807) is 18.2 Å². The number of hydrogen-bond acceptors (Lipinski definition) is 5. The van der Waals surface area contributed by atoms with Gasteiger partial charge in [0, 0.05) is 6.04 Å². The Bertz CT molecular complexity index is 609. The van der Waals surface area contributed by atoms with Crippen LogP contribution in [0.2, 0.25) is 5.02 Å². The van der Waals surface area contributed by atoms with Gasteiger partial charge in [0.05, 0.1) is 16.3 Å². The molecule has 0 fully saturated rings. The Morgan fingerprint density at radius 3 is 2.55 bits per heavy atom. The summed E-state index contributed by atoms with van der Waals surface area (Å²) in [6, 6.07) is 7.84. The van der Waals surface area contributed by atoms with Crippen LogP contribution >= 0.6 is 11.6 Å². The molecule has 1 amide bonds. The van der Waals surface area contributed by atoms with Crippen molar-refractivity contribution in [3.63, 3.8) is 0 Å². The fourth-order valence-corrected chi connectivity index (χ4v) is 1.51. The molecule has 0 unspecified atom stereocenters. The van der Waals surface area contributed by atoms with Crippen LogP contribution in [0.5, 0.6) is 0 Å². The number of hydrazone groups is 1. The Balaban J connectivity index is 2.98. The van der Waals surface area contributed by atoms with E-state index in [0.29, 0.717) is 10.7 Å². The van der Waals surface area contributed by atoms with Crippen LogP contribution in [-0.2, 0) is 0 Å². The van der Waals surface area contributed by atoms with Crippen LogP contribution < -0.4 is 10.7 Å². The van der Waals surface area contributed by atoms with Crippen LogP contribution in [0.1, 0.15) is 24.2 Å². The van der Waals surface area contributed by atoms with E-state index in [1.165, 1.54) is 12.1 Å². The van der Waals surface area contributed by atoms with Crippen LogP contribution in [0.4, 0.5) is 5.69 Å². The topological polar surface area (TPSA) is 101 Å². The molecule has 0 aliphatic carbocycles. The second-order valence-electron chi connectivity index (χ2n) is 4.12. The third-order valence-electron chi connectivity index (χ3n) is 2.14. The van der Waals surface area contributed by atoms with E-state index in [4.69, 9.17) is 22.1 Å². The van der Waals surface area contributed by atoms with E-state index in [1.807, 2.05) is 13.8 Å². The maximum atomic E-state index is 11.9. The molecule has 0 aromatic heterocycles. The highest BCUT2D eigenvalue weighted by Gasteiger charge is 2.12. The summed E-state index contributed by atoms with van der Waals surface area (Å²) >= 11 is 5.96. The van der Waals surface area contributed by atoms with Gasteiger partial charge >= 0.3 is 0 Å². The number of amides is 1. The van der Waals surface area contributed by atoms with Gasteiger partial charge in [-0.15, -0.1) is 0 Å². The maximum Gasteiger partial charge on any atom is 0.253 e. The standard InChI is InChI=1S/C13H12ClN5O/c1-8(2)17-13(20)11-5-9(3-4-12(11)14)18-19-10(6-15)7-16/h3-5,8,18H,1-2H3,(H,17,20). The Morgan fingerprint density at radius 1 is 1.35 bits per heavy atom. The molecule has 0 saturated heterocycles. The highest BCUT2D eigenvalue weighted by Crippen LogP contribution is 2.20. The summed E-state index contributed by atoms with van der Waals surface area (Å²) in [7, 11) is 0. The summed E-state index contributed by atoms with van der Waals surface area (Å²) in [6.07, 6.45) is 0. The summed E-state index contributed by atoms with van der Waals surface area (Å²) in [4.78, 5) is 11.9. The van der Waals surface area contributed by atoms with Gasteiger partial charge in [0.25, 0.3) is 5.91 Å². The number of nitrogens with one attached hydrogen (secondary N) is 2. The van der Waals surface area contributed by atoms with Gasteiger partial charge in [-0.05, 0) is 32.0 Å². The summed E-state index contributed by atoms with van der Waals surface area (Å²) < 4.78 is 0. The summed E-state index contributed by atoms with van der Waals surface area (Å²) in [5, 5.41) is 23.7. The van der Waals surface area contributed by atoms with Crippen LogP contribution in [0.15, 0.2) is 23.3 Å². The number of rotatable bonds is 4. The van der Waals surface area contributed by atoms with Crippen molar-refractivity contribution in [2.75, 3.05) is 5.43 Å². The first-order valence-electron chi connectivity index (χ1n) is 5.72. The van der Waals surface area contributed by atoms with Gasteiger partial charge in [0.15, 0.2) is 0 Å². The van der Waals surface area contributed by atoms with Gasteiger partial charge in [-0.25, -0.2) is 0 Å². The molecule has 7 heteroatoms. The third-order valence-corrected chi connectivity index (χ3v) is 2.47. The third kappa shape index (κ3) is 4.27. The monoisotopic (exact) mass is 289 g/mol. The number of anilines is 1. The smallest absolute Gasteiger partial charge is 0.253 e. The van der Waals surface area contributed by atoms with E-state index in [2.05, 4.69) is 15.8 Å². The van der Waals surface area contributed by atoms with Crippen LogP contribution in [0, 0.1) is 22.7 Å². The first-order chi connectivity index (χ1) is 9.47. The molecule has 1 rings (SSSR count). The van der Waals surface area contributed by atoms with Gasteiger partial charge in [-0.3, -0.25) is 10.2 Å². The van der Waals surface area contributed by atoms with E-state index in [0.717, 1.165) is 0 Å². The van der Waals surface area contributed by atoms with Crippen molar-refractivity contribution in [3.05, 3.63) is 28.8 Å². The molecule has 0 saturated carbocycles. The highest BCUT2D eigenvalue weighted by atomic mass is 35.5. The minimum atomic E-state index is -0.312. The first kappa shape index (κ1) is 15.5. The summed E-state index contributed by atoms with van der Waals surface area (Å²) in [5.41, 5.74) is 2.95. The molecular weight excluding hydrogens is 278 g/mol. The predicted octanol–water partition coefficient (Wildman–Crippen LogP) is 2.29. The van der Waals surface area contributed by atoms with Crippen LogP contribution in [0.25, 0.3) is 0 Å². The van der Waals surface area contributed by atoms with Gasteiger partial charge in [0.1, 0.15) is 12.1 Å². The first-order valence-corrected chi connectivity index (χ1v) is 6.10. The molecule has 20 heavy (non-hydrogen) atoms. The van der Waals surface area contributed by atoms with E-state index in [-0.39, 0.29) is 23.2 Å². The minimum absolute atomic E-state index is 0.0167. The Labute approximate surface area is 121 Å². The molecule has 0 aliphatic heterocycles. The zero-order chi connectivity index (χ0) is 15.1. The lowest BCUT2D eigenvalue weighted by Crippen LogP contribution is -2.30. The van der Waals surface area contributed by atoms with Crippen molar-refractivity contribution in [2.45, 2.75) is 19.9 Å². The van der Waals surface area contributed by atoms with Gasteiger partial charge in [-0.1, -0.05) is 11.6 Å². The molecule has 0 radical (unpaired) electrons. The quantitative estimate of drug-likeness (QED) is 0.656. The fourth-order valence-electron chi connectivity index (χ4n) is 1.30. The number of carbonyl (C=O) groups excluding carboxylic acids is 1. The number of halogens is 1. The average molecular weight is 290 g/mol. The van der Waals surface area contributed by atoms with Crippen molar-refractivity contribution >= 4 is 28.9 Å². The van der Waals surface area contributed by atoms with Gasteiger partial charge in [-0.2, -0.15) is 15.6 Å². The van der Waals surface area contributed by atoms with Gasteiger partial charge < -0.3 is 5.32 Å². The number of nitrogens with zero attached hydrogens (tertiary/aromatic N) is 3. The number of benzene rings is 1. The largest absolute Gasteiger partial charge is 0.350 e. The molecule has 1 aromatic carbocycles. The molecule has 0 spiro atoms. The second-order valence-corrected chi connectivity index (χ2v) is 4.53. The molecule has 102 valence electrons. The second kappa shape index (κ2) is 7.13. The lowest BCUT2D eigenvalue weighted by atomic mass is 10.2. The predicted molar refractivity (Wildman–Crippen MR) is 76.3 cm³/mol.